The van der Waals surface area contributed by atoms with Crippen LogP contribution >= 0.6 is 0 Å². The van der Waals surface area contributed by atoms with E-state index in [0.29, 0.717) is 17.4 Å². The molecule has 1 aromatic carbocycles. The summed E-state index contributed by atoms with van der Waals surface area (Å²) in [5.74, 6) is 0.550. The summed E-state index contributed by atoms with van der Waals surface area (Å²) in [5.41, 5.74) is 2.97. The van der Waals surface area contributed by atoms with Crippen molar-refractivity contribution >= 4 is 0 Å². The van der Waals surface area contributed by atoms with Crippen molar-refractivity contribution in [2.24, 2.45) is 5.41 Å². The lowest BCUT2D eigenvalue weighted by atomic mass is 9.76. The summed E-state index contributed by atoms with van der Waals surface area (Å²) in [4.78, 5) is 2.53. The Morgan fingerprint density at radius 3 is 2.35 bits per heavy atom. The van der Waals surface area contributed by atoms with Gasteiger partial charge in [0.25, 0.3) is 0 Å². The lowest BCUT2D eigenvalue weighted by Gasteiger charge is -2.45. The highest BCUT2D eigenvalue weighted by Gasteiger charge is 2.37. The molecule has 1 aliphatic heterocycles. The van der Waals surface area contributed by atoms with Gasteiger partial charge in [-0.25, -0.2) is 0 Å². The standard InChI is InChI=1S/C18H27NO/c1-13-12-16(19-10-8-18(2,3)9-11-19)17(20)15-7-5-4-6-14(13)15/h4-7,13,16-17,20H,8-12H2,1-3H3. The van der Waals surface area contributed by atoms with Crippen LogP contribution in [0, 0.1) is 5.41 Å². The predicted molar refractivity (Wildman–Crippen MR) is 82.8 cm³/mol. The Kier molecular flexibility index (Phi) is 3.64. The highest BCUT2D eigenvalue weighted by Crippen LogP contribution is 2.41. The molecule has 3 rings (SSSR count). The Bertz CT molecular complexity index is 472. The smallest absolute Gasteiger partial charge is 0.0948 e. The van der Waals surface area contributed by atoms with E-state index < -0.39 is 0 Å². The van der Waals surface area contributed by atoms with Crippen molar-refractivity contribution in [3.8, 4) is 0 Å². The third kappa shape index (κ3) is 2.51. The topological polar surface area (TPSA) is 23.5 Å². The third-order valence-electron chi connectivity index (χ3n) is 5.43. The molecule has 1 fully saturated rings. The van der Waals surface area contributed by atoms with Gasteiger partial charge in [-0.2, -0.15) is 0 Å². The molecule has 2 aliphatic rings. The Labute approximate surface area is 122 Å². The maximum absolute atomic E-state index is 10.8. The zero-order valence-electron chi connectivity index (χ0n) is 13.0. The molecule has 1 aliphatic carbocycles. The molecule has 0 spiro atoms. The number of aliphatic hydroxyl groups is 1. The van der Waals surface area contributed by atoms with Gasteiger partial charge in [0, 0.05) is 6.04 Å². The quantitative estimate of drug-likeness (QED) is 0.843. The minimum atomic E-state index is -0.316. The highest BCUT2D eigenvalue weighted by molar-refractivity contribution is 5.35. The fourth-order valence-electron chi connectivity index (χ4n) is 3.86. The van der Waals surface area contributed by atoms with E-state index in [0.717, 1.165) is 25.1 Å². The van der Waals surface area contributed by atoms with Crippen molar-refractivity contribution in [1.82, 2.24) is 4.90 Å². The first kappa shape index (κ1) is 14.1. The molecule has 3 atom stereocenters. The van der Waals surface area contributed by atoms with Crippen molar-refractivity contribution in [2.45, 2.75) is 58.1 Å². The molecule has 1 N–H and O–H groups in total. The fraction of sp³-hybridized carbons (Fsp3) is 0.667. The van der Waals surface area contributed by atoms with Crippen molar-refractivity contribution in [2.75, 3.05) is 13.1 Å². The molecular formula is C18H27NO. The molecule has 0 saturated carbocycles. The van der Waals surface area contributed by atoms with E-state index >= 15 is 0 Å². The number of rotatable bonds is 1. The molecule has 110 valence electrons. The van der Waals surface area contributed by atoms with Gasteiger partial charge in [-0.3, -0.25) is 4.90 Å². The summed E-state index contributed by atoms with van der Waals surface area (Å²) in [7, 11) is 0. The predicted octanol–water partition coefficient (Wildman–Crippen LogP) is 3.72. The molecule has 0 bridgehead atoms. The van der Waals surface area contributed by atoms with Crippen LogP contribution in [0.2, 0.25) is 0 Å². The molecule has 2 nitrogen and oxygen atoms in total. The number of benzene rings is 1. The zero-order chi connectivity index (χ0) is 14.3. The number of fused-ring (bicyclic) bond motifs is 1. The average molecular weight is 273 g/mol. The minimum absolute atomic E-state index is 0.302. The van der Waals surface area contributed by atoms with Gasteiger partial charge in [0.15, 0.2) is 0 Å². The van der Waals surface area contributed by atoms with Crippen molar-refractivity contribution in [3.63, 3.8) is 0 Å². The maximum atomic E-state index is 10.8. The molecule has 1 heterocycles. The summed E-state index contributed by atoms with van der Waals surface area (Å²) >= 11 is 0. The van der Waals surface area contributed by atoms with Gasteiger partial charge < -0.3 is 5.11 Å². The van der Waals surface area contributed by atoms with Gasteiger partial charge in [-0.1, -0.05) is 45.0 Å². The first-order valence-electron chi connectivity index (χ1n) is 7.99. The minimum Gasteiger partial charge on any atom is -0.387 e. The van der Waals surface area contributed by atoms with Crippen molar-refractivity contribution < 1.29 is 5.11 Å². The molecule has 3 unspecified atom stereocenters. The van der Waals surface area contributed by atoms with Crippen LogP contribution in [0.25, 0.3) is 0 Å². The SMILES string of the molecule is CC1CC(N2CCC(C)(C)CC2)C(O)c2ccccc21. The van der Waals surface area contributed by atoms with Crippen molar-refractivity contribution in [3.05, 3.63) is 35.4 Å². The number of piperidine rings is 1. The van der Waals surface area contributed by atoms with Gasteiger partial charge in [0.1, 0.15) is 0 Å². The van der Waals surface area contributed by atoms with Gasteiger partial charge in [0.05, 0.1) is 6.10 Å². The van der Waals surface area contributed by atoms with Crippen LogP contribution in [0.3, 0.4) is 0 Å². The van der Waals surface area contributed by atoms with Gasteiger partial charge >= 0.3 is 0 Å². The zero-order valence-corrected chi connectivity index (χ0v) is 13.0. The first-order chi connectivity index (χ1) is 9.48. The normalized spacial score (nSPS) is 33.7. The molecule has 0 amide bonds. The molecule has 20 heavy (non-hydrogen) atoms. The maximum Gasteiger partial charge on any atom is 0.0948 e. The summed E-state index contributed by atoms with van der Waals surface area (Å²) in [5, 5.41) is 10.8. The molecule has 2 heteroatoms. The number of nitrogens with zero attached hydrogens (tertiary/aromatic N) is 1. The average Bonchev–Trinajstić information content (AvgIpc) is 2.43. The van der Waals surface area contributed by atoms with E-state index in [9.17, 15) is 5.11 Å². The van der Waals surface area contributed by atoms with Gasteiger partial charge in [-0.05, 0) is 54.8 Å². The van der Waals surface area contributed by atoms with E-state index in [2.05, 4.69) is 49.9 Å². The molecule has 0 aromatic heterocycles. The second-order valence-corrected chi connectivity index (χ2v) is 7.48. The lowest BCUT2D eigenvalue weighted by molar-refractivity contribution is 0.00183. The number of aliphatic hydroxyl groups excluding tert-OH is 1. The van der Waals surface area contributed by atoms with E-state index in [-0.39, 0.29) is 6.10 Å². The molecule has 1 saturated heterocycles. The largest absolute Gasteiger partial charge is 0.387 e. The van der Waals surface area contributed by atoms with Gasteiger partial charge in [0.2, 0.25) is 0 Å². The highest BCUT2D eigenvalue weighted by atomic mass is 16.3. The van der Waals surface area contributed by atoms with Gasteiger partial charge in [-0.15, -0.1) is 0 Å². The van der Waals surface area contributed by atoms with Crippen LogP contribution in [0.5, 0.6) is 0 Å². The second-order valence-electron chi connectivity index (χ2n) is 7.48. The summed E-state index contributed by atoms with van der Waals surface area (Å²) < 4.78 is 0. The monoisotopic (exact) mass is 273 g/mol. The molecule has 0 radical (unpaired) electrons. The van der Waals surface area contributed by atoms with E-state index in [1.807, 2.05) is 0 Å². The van der Waals surface area contributed by atoms with Crippen LogP contribution in [-0.4, -0.2) is 29.1 Å². The Morgan fingerprint density at radius 1 is 1.10 bits per heavy atom. The summed E-state index contributed by atoms with van der Waals surface area (Å²) in [6.45, 7) is 9.28. The summed E-state index contributed by atoms with van der Waals surface area (Å²) in [6, 6.07) is 8.73. The second kappa shape index (κ2) is 5.16. The van der Waals surface area contributed by atoms with E-state index in [1.54, 1.807) is 0 Å². The van der Waals surface area contributed by atoms with Crippen LogP contribution in [0.1, 0.15) is 63.2 Å². The number of likely N-dealkylation sites (tertiary alicyclic amines) is 1. The van der Waals surface area contributed by atoms with E-state index in [1.165, 1.54) is 18.4 Å². The number of hydrogen-bond acceptors (Lipinski definition) is 2. The molecule has 1 aromatic rings. The first-order valence-corrected chi connectivity index (χ1v) is 7.99. The number of hydrogen-bond donors (Lipinski definition) is 1. The Hall–Kier alpha value is -0.860. The van der Waals surface area contributed by atoms with Crippen LogP contribution < -0.4 is 0 Å². The fourth-order valence-corrected chi connectivity index (χ4v) is 3.86. The van der Waals surface area contributed by atoms with Crippen LogP contribution in [-0.2, 0) is 0 Å². The van der Waals surface area contributed by atoms with Crippen LogP contribution in [0.15, 0.2) is 24.3 Å². The Morgan fingerprint density at radius 2 is 1.70 bits per heavy atom. The van der Waals surface area contributed by atoms with Crippen molar-refractivity contribution in [1.29, 1.82) is 0 Å². The summed E-state index contributed by atoms with van der Waals surface area (Å²) in [6.07, 6.45) is 3.25. The third-order valence-corrected chi connectivity index (χ3v) is 5.43. The Balaban J connectivity index is 1.80. The van der Waals surface area contributed by atoms with Crippen LogP contribution in [0.4, 0.5) is 0 Å². The lowest BCUT2D eigenvalue weighted by Crippen LogP contribution is -2.48. The molecular weight excluding hydrogens is 246 g/mol. The van der Waals surface area contributed by atoms with E-state index in [4.69, 9.17) is 0 Å².